The molecule has 0 spiro atoms. The molecule has 3 rings (SSSR count). The van der Waals surface area contributed by atoms with E-state index in [-0.39, 0.29) is 15.8 Å². The predicted molar refractivity (Wildman–Crippen MR) is 124 cm³/mol. The van der Waals surface area contributed by atoms with Gasteiger partial charge in [0.15, 0.2) is 0 Å². The molecular weight excluding hydrogens is 450 g/mol. The molecule has 2 aromatic rings. The molecule has 2 aromatic carbocycles. The number of anilines is 1. The number of amides is 1. The molecule has 0 aromatic heterocycles. The summed E-state index contributed by atoms with van der Waals surface area (Å²) in [7, 11) is -7.19. The van der Waals surface area contributed by atoms with E-state index in [4.69, 9.17) is 0 Å². The van der Waals surface area contributed by atoms with Crippen LogP contribution in [0.15, 0.2) is 58.3 Å². The van der Waals surface area contributed by atoms with Crippen molar-refractivity contribution in [1.29, 1.82) is 0 Å². The molecule has 0 aliphatic carbocycles. The molecule has 0 atom stereocenters. The van der Waals surface area contributed by atoms with Crippen molar-refractivity contribution in [1.82, 2.24) is 9.03 Å². The second-order valence-electron chi connectivity index (χ2n) is 8.10. The Hall–Kier alpha value is -2.27. The van der Waals surface area contributed by atoms with Crippen LogP contribution in [0.25, 0.3) is 0 Å². The minimum absolute atomic E-state index is 0.104. The van der Waals surface area contributed by atoms with Crippen LogP contribution in [-0.4, -0.2) is 46.2 Å². The first-order valence-corrected chi connectivity index (χ1v) is 13.6. The number of carbonyl (C=O) groups is 1. The Morgan fingerprint density at radius 1 is 0.812 bits per heavy atom. The zero-order valence-electron chi connectivity index (χ0n) is 18.2. The van der Waals surface area contributed by atoms with Gasteiger partial charge < -0.3 is 5.32 Å². The van der Waals surface area contributed by atoms with E-state index in [1.807, 2.05) is 0 Å². The number of carbonyl (C=O) groups excluding carboxylic acids is 1. The summed E-state index contributed by atoms with van der Waals surface area (Å²) in [6, 6.07) is 11.5. The third-order valence-corrected chi connectivity index (χ3v) is 8.72. The first kappa shape index (κ1) is 24.4. The average Bonchev–Trinajstić information content (AvgIpc) is 3.03. The molecule has 1 aliphatic heterocycles. The van der Waals surface area contributed by atoms with Crippen LogP contribution in [0.4, 0.5) is 5.69 Å². The normalized spacial score (nSPS) is 16.0. The number of sulfonamides is 2. The number of hydrogen-bond acceptors (Lipinski definition) is 5. The molecule has 2 N–H and O–H groups in total. The van der Waals surface area contributed by atoms with E-state index in [2.05, 4.69) is 10.0 Å². The van der Waals surface area contributed by atoms with Crippen LogP contribution in [0.1, 0.15) is 49.9 Å². The molecule has 1 aliphatic rings. The number of rotatable bonds is 7. The topological polar surface area (TPSA) is 113 Å². The molecule has 10 heteroatoms. The lowest BCUT2D eigenvalue weighted by Gasteiger charge is -2.20. The number of hydrogen-bond donors (Lipinski definition) is 2. The summed E-state index contributed by atoms with van der Waals surface area (Å²) in [6.07, 6.45) is 3.78. The van der Waals surface area contributed by atoms with Gasteiger partial charge in [-0.05, 0) is 75.2 Å². The van der Waals surface area contributed by atoms with Crippen LogP contribution in [0.5, 0.6) is 0 Å². The van der Waals surface area contributed by atoms with Crippen LogP contribution in [0.3, 0.4) is 0 Å². The van der Waals surface area contributed by atoms with Gasteiger partial charge in [-0.1, -0.05) is 12.8 Å². The second-order valence-corrected chi connectivity index (χ2v) is 11.7. The zero-order chi connectivity index (χ0) is 23.4. The fourth-order valence-electron chi connectivity index (χ4n) is 3.51. The Bertz CT molecular complexity index is 1140. The molecule has 1 fully saturated rings. The molecule has 0 saturated carbocycles. The summed E-state index contributed by atoms with van der Waals surface area (Å²) < 4.78 is 54.1. The highest BCUT2D eigenvalue weighted by Crippen LogP contribution is 2.21. The molecule has 1 saturated heterocycles. The van der Waals surface area contributed by atoms with Crippen LogP contribution in [0, 0.1) is 0 Å². The Balaban J connectivity index is 1.68. The molecular formula is C22H29N3O5S2. The fourth-order valence-corrected chi connectivity index (χ4v) is 6.28. The maximum absolute atomic E-state index is 12.9. The predicted octanol–water partition coefficient (Wildman–Crippen LogP) is 3.19. The molecule has 174 valence electrons. The van der Waals surface area contributed by atoms with E-state index >= 15 is 0 Å². The molecule has 0 bridgehead atoms. The number of benzene rings is 2. The van der Waals surface area contributed by atoms with Crippen molar-refractivity contribution in [3.63, 3.8) is 0 Å². The molecule has 8 nitrogen and oxygen atoms in total. The van der Waals surface area contributed by atoms with Gasteiger partial charge in [0.1, 0.15) is 0 Å². The van der Waals surface area contributed by atoms with E-state index in [0.717, 1.165) is 25.7 Å². The maximum Gasteiger partial charge on any atom is 0.255 e. The minimum Gasteiger partial charge on any atom is -0.322 e. The van der Waals surface area contributed by atoms with Gasteiger partial charge in [0, 0.05) is 30.4 Å². The Labute approximate surface area is 190 Å². The van der Waals surface area contributed by atoms with Crippen molar-refractivity contribution in [3.8, 4) is 0 Å². The van der Waals surface area contributed by atoms with Crippen molar-refractivity contribution in [2.45, 2.75) is 55.4 Å². The van der Waals surface area contributed by atoms with Crippen LogP contribution >= 0.6 is 0 Å². The Morgan fingerprint density at radius 3 is 1.88 bits per heavy atom. The van der Waals surface area contributed by atoms with Crippen LogP contribution in [-0.2, 0) is 20.0 Å². The molecule has 1 heterocycles. The third kappa shape index (κ3) is 5.94. The van der Waals surface area contributed by atoms with E-state index in [9.17, 15) is 21.6 Å². The van der Waals surface area contributed by atoms with Gasteiger partial charge in [0.05, 0.1) is 9.79 Å². The monoisotopic (exact) mass is 479 g/mol. The number of nitrogens with zero attached hydrogens (tertiary/aromatic N) is 1. The van der Waals surface area contributed by atoms with Gasteiger partial charge in [-0.3, -0.25) is 4.79 Å². The standard InChI is InChI=1S/C22H29N3O5S2/c1-17(2)24-31(27,28)20-13-9-19(10-14-20)23-22(26)18-7-11-21(12-8-18)32(29,30)25-15-5-3-4-6-16-25/h7-14,17,24H,3-6,15-16H2,1-2H3,(H,23,26). The van der Waals surface area contributed by atoms with Crippen molar-refractivity contribution in [3.05, 3.63) is 54.1 Å². The number of nitrogens with one attached hydrogen (secondary N) is 2. The second kappa shape index (κ2) is 10.1. The summed E-state index contributed by atoms with van der Waals surface area (Å²) in [5, 5.41) is 2.69. The average molecular weight is 480 g/mol. The minimum atomic E-state index is -3.61. The van der Waals surface area contributed by atoms with Crippen molar-refractivity contribution < 1.29 is 21.6 Å². The highest BCUT2D eigenvalue weighted by molar-refractivity contribution is 7.89. The lowest BCUT2D eigenvalue weighted by molar-refractivity contribution is 0.102. The van der Waals surface area contributed by atoms with Crippen molar-refractivity contribution in [2.24, 2.45) is 0 Å². The Kier molecular flexibility index (Phi) is 7.71. The van der Waals surface area contributed by atoms with Gasteiger partial charge in [-0.25, -0.2) is 21.6 Å². The van der Waals surface area contributed by atoms with Crippen LogP contribution < -0.4 is 10.0 Å². The summed E-state index contributed by atoms with van der Waals surface area (Å²) in [5.41, 5.74) is 0.734. The molecule has 0 unspecified atom stereocenters. The quantitative estimate of drug-likeness (QED) is 0.633. The zero-order valence-corrected chi connectivity index (χ0v) is 19.9. The van der Waals surface area contributed by atoms with E-state index in [1.165, 1.54) is 52.8 Å². The summed E-state index contributed by atoms with van der Waals surface area (Å²) in [6.45, 7) is 4.50. The highest BCUT2D eigenvalue weighted by Gasteiger charge is 2.25. The first-order valence-electron chi connectivity index (χ1n) is 10.6. The highest BCUT2D eigenvalue weighted by atomic mass is 32.2. The largest absolute Gasteiger partial charge is 0.322 e. The fraction of sp³-hybridized carbons (Fsp3) is 0.409. The van der Waals surface area contributed by atoms with E-state index < -0.39 is 26.0 Å². The Morgan fingerprint density at radius 2 is 1.34 bits per heavy atom. The first-order chi connectivity index (χ1) is 15.1. The smallest absolute Gasteiger partial charge is 0.255 e. The van der Waals surface area contributed by atoms with E-state index in [0.29, 0.717) is 24.3 Å². The third-order valence-electron chi connectivity index (χ3n) is 5.13. The van der Waals surface area contributed by atoms with Gasteiger partial charge in [-0.2, -0.15) is 4.31 Å². The lowest BCUT2D eigenvalue weighted by Crippen LogP contribution is -2.31. The molecule has 0 radical (unpaired) electrons. The summed E-state index contributed by atoms with van der Waals surface area (Å²) in [5.74, 6) is -0.417. The van der Waals surface area contributed by atoms with Crippen molar-refractivity contribution >= 4 is 31.6 Å². The van der Waals surface area contributed by atoms with Crippen molar-refractivity contribution in [2.75, 3.05) is 18.4 Å². The van der Waals surface area contributed by atoms with Crippen LogP contribution in [0.2, 0.25) is 0 Å². The van der Waals surface area contributed by atoms with Gasteiger partial charge >= 0.3 is 0 Å². The summed E-state index contributed by atoms with van der Waals surface area (Å²) in [4.78, 5) is 12.8. The maximum atomic E-state index is 12.9. The van der Waals surface area contributed by atoms with Gasteiger partial charge in [-0.15, -0.1) is 0 Å². The summed E-state index contributed by atoms with van der Waals surface area (Å²) >= 11 is 0. The molecule has 32 heavy (non-hydrogen) atoms. The van der Waals surface area contributed by atoms with E-state index in [1.54, 1.807) is 13.8 Å². The lowest BCUT2D eigenvalue weighted by atomic mass is 10.2. The van der Waals surface area contributed by atoms with Gasteiger partial charge in [0.2, 0.25) is 20.0 Å². The molecule has 1 amide bonds. The van der Waals surface area contributed by atoms with Gasteiger partial charge in [0.25, 0.3) is 5.91 Å². The SMILES string of the molecule is CC(C)NS(=O)(=O)c1ccc(NC(=O)c2ccc(S(=O)(=O)N3CCCCCC3)cc2)cc1.